The van der Waals surface area contributed by atoms with E-state index in [2.05, 4.69) is 29.8 Å². The van der Waals surface area contributed by atoms with Gasteiger partial charge >= 0.3 is 6.09 Å². The number of carbonyl (C=O) groups excluding carboxylic acids is 1. The van der Waals surface area contributed by atoms with Crippen molar-refractivity contribution >= 4 is 11.9 Å². The second-order valence-electron chi connectivity index (χ2n) is 7.63. The van der Waals surface area contributed by atoms with E-state index in [1.165, 1.54) is 6.42 Å². The Balaban J connectivity index is 2.34. The number of rotatable bonds is 4. The monoisotopic (exact) mass is 333 g/mol. The second-order valence-corrected chi connectivity index (χ2v) is 7.63. The zero-order valence-electron chi connectivity index (χ0n) is 15.9. The maximum absolute atomic E-state index is 12.6. The molecule has 2 rings (SSSR count). The fourth-order valence-corrected chi connectivity index (χ4v) is 3.32. The van der Waals surface area contributed by atoms with Gasteiger partial charge < -0.3 is 4.74 Å². The standard InChI is InChI=1S/C19H31N3O2/c1-7-21(18(23)24-19(4,5)6)17-15(10-8-12-20-17)16-11-9-13-22(16)14(2)3/h8,10,12,14,16H,7,9,11,13H2,1-6H3. The lowest BCUT2D eigenvalue weighted by Gasteiger charge is -2.32. The summed E-state index contributed by atoms with van der Waals surface area (Å²) >= 11 is 0. The molecule has 2 heterocycles. The first-order valence-electron chi connectivity index (χ1n) is 8.95. The average Bonchev–Trinajstić information content (AvgIpc) is 2.96. The van der Waals surface area contributed by atoms with Crippen LogP contribution in [0.25, 0.3) is 0 Å². The smallest absolute Gasteiger partial charge is 0.415 e. The zero-order chi connectivity index (χ0) is 17.9. The van der Waals surface area contributed by atoms with Crippen molar-refractivity contribution in [1.82, 2.24) is 9.88 Å². The number of amides is 1. The van der Waals surface area contributed by atoms with Crippen LogP contribution in [0.2, 0.25) is 0 Å². The first-order chi connectivity index (χ1) is 11.2. The van der Waals surface area contributed by atoms with E-state index < -0.39 is 5.60 Å². The first-order valence-corrected chi connectivity index (χ1v) is 8.95. The van der Waals surface area contributed by atoms with Crippen molar-refractivity contribution in [2.24, 2.45) is 0 Å². The van der Waals surface area contributed by atoms with Crippen molar-refractivity contribution in [3.63, 3.8) is 0 Å². The molecule has 134 valence electrons. The van der Waals surface area contributed by atoms with E-state index in [1.54, 1.807) is 11.1 Å². The van der Waals surface area contributed by atoms with Crippen molar-refractivity contribution < 1.29 is 9.53 Å². The van der Waals surface area contributed by atoms with Crippen molar-refractivity contribution in [3.8, 4) is 0 Å². The van der Waals surface area contributed by atoms with E-state index in [-0.39, 0.29) is 6.09 Å². The number of anilines is 1. The molecule has 0 bridgehead atoms. The van der Waals surface area contributed by atoms with Gasteiger partial charge in [-0.15, -0.1) is 0 Å². The highest BCUT2D eigenvalue weighted by atomic mass is 16.6. The van der Waals surface area contributed by atoms with Gasteiger partial charge in [-0.3, -0.25) is 9.80 Å². The number of hydrogen-bond acceptors (Lipinski definition) is 4. The molecule has 1 aromatic rings. The molecule has 1 aliphatic rings. The number of aromatic nitrogens is 1. The van der Waals surface area contributed by atoms with E-state index in [4.69, 9.17) is 4.74 Å². The zero-order valence-corrected chi connectivity index (χ0v) is 15.9. The van der Waals surface area contributed by atoms with Crippen molar-refractivity contribution in [3.05, 3.63) is 23.9 Å². The van der Waals surface area contributed by atoms with Crippen LogP contribution >= 0.6 is 0 Å². The third kappa shape index (κ3) is 4.26. The third-order valence-corrected chi connectivity index (χ3v) is 4.32. The topological polar surface area (TPSA) is 45.7 Å². The molecule has 1 aromatic heterocycles. The molecule has 1 atom stereocenters. The van der Waals surface area contributed by atoms with E-state index in [0.29, 0.717) is 18.6 Å². The molecule has 1 aliphatic heterocycles. The summed E-state index contributed by atoms with van der Waals surface area (Å²) in [6, 6.07) is 4.84. The van der Waals surface area contributed by atoms with Crippen molar-refractivity contribution in [2.75, 3.05) is 18.0 Å². The van der Waals surface area contributed by atoms with E-state index in [1.807, 2.05) is 33.8 Å². The van der Waals surface area contributed by atoms with Gasteiger partial charge in [-0.25, -0.2) is 9.78 Å². The van der Waals surface area contributed by atoms with E-state index in [9.17, 15) is 4.79 Å². The third-order valence-electron chi connectivity index (χ3n) is 4.32. The van der Waals surface area contributed by atoms with Crippen LogP contribution in [-0.2, 0) is 4.74 Å². The summed E-state index contributed by atoms with van der Waals surface area (Å²) < 4.78 is 5.57. The lowest BCUT2D eigenvalue weighted by Crippen LogP contribution is -2.38. The van der Waals surface area contributed by atoms with Crippen LogP contribution in [0.4, 0.5) is 10.6 Å². The normalized spacial score (nSPS) is 18.9. The van der Waals surface area contributed by atoms with Crippen molar-refractivity contribution in [1.29, 1.82) is 0 Å². The Hall–Kier alpha value is -1.62. The molecule has 0 aromatic carbocycles. The minimum Gasteiger partial charge on any atom is -0.443 e. The Morgan fingerprint density at radius 1 is 1.46 bits per heavy atom. The molecule has 0 aliphatic carbocycles. The Morgan fingerprint density at radius 3 is 2.75 bits per heavy atom. The molecule has 0 N–H and O–H groups in total. The summed E-state index contributed by atoms with van der Waals surface area (Å²) in [7, 11) is 0. The lowest BCUT2D eigenvalue weighted by molar-refractivity contribution is 0.0580. The number of ether oxygens (including phenoxy) is 1. The predicted octanol–water partition coefficient (Wildman–Crippen LogP) is 4.39. The average molecular weight is 333 g/mol. The van der Waals surface area contributed by atoms with Gasteiger partial charge in [0.25, 0.3) is 0 Å². The van der Waals surface area contributed by atoms with Crippen LogP contribution in [0.3, 0.4) is 0 Å². The van der Waals surface area contributed by atoms with Crippen LogP contribution < -0.4 is 4.90 Å². The number of nitrogens with zero attached hydrogens (tertiary/aromatic N) is 3. The predicted molar refractivity (Wildman–Crippen MR) is 97.3 cm³/mol. The number of carbonyl (C=O) groups is 1. The van der Waals surface area contributed by atoms with Gasteiger partial charge in [-0.2, -0.15) is 0 Å². The summed E-state index contributed by atoms with van der Waals surface area (Å²) in [5.41, 5.74) is 0.605. The number of likely N-dealkylation sites (tertiary alicyclic amines) is 1. The lowest BCUT2D eigenvalue weighted by atomic mass is 10.0. The molecular weight excluding hydrogens is 302 g/mol. The maximum atomic E-state index is 12.6. The van der Waals surface area contributed by atoms with Crippen molar-refractivity contribution in [2.45, 2.75) is 72.1 Å². The minimum atomic E-state index is -0.517. The summed E-state index contributed by atoms with van der Waals surface area (Å²) in [6.07, 6.45) is 3.69. The Morgan fingerprint density at radius 2 is 2.17 bits per heavy atom. The van der Waals surface area contributed by atoms with Crippen LogP contribution in [0.1, 0.15) is 66.0 Å². The molecule has 5 nitrogen and oxygen atoms in total. The number of pyridine rings is 1. The quantitative estimate of drug-likeness (QED) is 0.820. The largest absolute Gasteiger partial charge is 0.443 e. The van der Waals surface area contributed by atoms with Gasteiger partial charge in [-0.1, -0.05) is 6.07 Å². The molecule has 0 saturated carbocycles. The Kier molecular flexibility index (Phi) is 5.86. The fraction of sp³-hybridized carbons (Fsp3) is 0.684. The summed E-state index contributed by atoms with van der Waals surface area (Å²) in [5.74, 6) is 0.729. The van der Waals surface area contributed by atoms with Gasteiger partial charge in [0.1, 0.15) is 11.4 Å². The molecule has 5 heteroatoms. The summed E-state index contributed by atoms with van der Waals surface area (Å²) in [4.78, 5) is 21.3. The van der Waals surface area contributed by atoms with Gasteiger partial charge in [0, 0.05) is 30.4 Å². The van der Waals surface area contributed by atoms with Gasteiger partial charge in [0.2, 0.25) is 0 Å². The molecule has 1 unspecified atom stereocenters. The maximum Gasteiger partial charge on any atom is 0.415 e. The van der Waals surface area contributed by atoms with E-state index >= 15 is 0 Å². The highest BCUT2D eigenvalue weighted by Crippen LogP contribution is 2.37. The molecule has 0 radical (unpaired) electrons. The second kappa shape index (κ2) is 7.51. The molecule has 24 heavy (non-hydrogen) atoms. The molecule has 1 fully saturated rings. The molecular formula is C19H31N3O2. The van der Waals surface area contributed by atoms with Crippen LogP contribution in [0, 0.1) is 0 Å². The highest BCUT2D eigenvalue weighted by Gasteiger charge is 2.33. The minimum absolute atomic E-state index is 0.310. The summed E-state index contributed by atoms with van der Waals surface area (Å²) in [6.45, 7) is 13.7. The Bertz CT molecular complexity index is 566. The van der Waals surface area contributed by atoms with Gasteiger partial charge in [0.15, 0.2) is 0 Å². The fourth-order valence-electron chi connectivity index (χ4n) is 3.32. The summed E-state index contributed by atoms with van der Waals surface area (Å²) in [5, 5.41) is 0. The molecule has 1 saturated heterocycles. The molecule has 1 amide bonds. The van der Waals surface area contributed by atoms with Crippen LogP contribution in [-0.4, -0.2) is 40.7 Å². The van der Waals surface area contributed by atoms with Gasteiger partial charge in [-0.05, 0) is 67.0 Å². The van der Waals surface area contributed by atoms with Crippen LogP contribution in [0.5, 0.6) is 0 Å². The molecule has 0 spiro atoms. The van der Waals surface area contributed by atoms with E-state index in [0.717, 1.165) is 24.3 Å². The Labute approximate surface area is 146 Å². The van der Waals surface area contributed by atoms with Gasteiger partial charge in [0.05, 0.1) is 0 Å². The highest BCUT2D eigenvalue weighted by molar-refractivity contribution is 5.87. The van der Waals surface area contributed by atoms with Crippen LogP contribution in [0.15, 0.2) is 18.3 Å². The first kappa shape index (κ1) is 18.7. The SMILES string of the molecule is CCN(C(=O)OC(C)(C)C)c1ncccc1C1CCCN1C(C)C. The number of hydrogen-bond donors (Lipinski definition) is 0.